The van der Waals surface area contributed by atoms with Gasteiger partial charge in [0, 0.05) is 22.8 Å². The van der Waals surface area contributed by atoms with Gasteiger partial charge in [0.1, 0.15) is 11.9 Å². The lowest BCUT2D eigenvalue weighted by molar-refractivity contribution is 0.0588. The number of Topliss-reactive ketones (excluding diaryl/α,β-unsaturated/α-hetero) is 2. The van der Waals surface area contributed by atoms with Crippen LogP contribution in [0.4, 0.5) is 0 Å². The molecule has 0 bridgehead atoms. The van der Waals surface area contributed by atoms with Crippen molar-refractivity contribution in [2.24, 2.45) is 5.92 Å². The van der Waals surface area contributed by atoms with Crippen LogP contribution in [-0.2, 0) is 4.74 Å². The minimum atomic E-state index is -0.472. The van der Waals surface area contributed by atoms with E-state index in [1.165, 1.54) is 0 Å². The molecule has 3 aliphatic rings. The molecule has 2 aromatic carbocycles. The minimum Gasteiger partial charge on any atom is -0.493 e. The van der Waals surface area contributed by atoms with Gasteiger partial charge in [-0.05, 0) is 6.07 Å². The molecule has 5 rings (SSSR count). The Bertz CT molecular complexity index is 1030. The van der Waals surface area contributed by atoms with Gasteiger partial charge in [-0.25, -0.2) is 0 Å². The number of ether oxygens (including phenoxy) is 4. The van der Waals surface area contributed by atoms with Crippen LogP contribution in [0, 0.1) is 5.92 Å². The largest absolute Gasteiger partial charge is 0.493 e. The summed E-state index contributed by atoms with van der Waals surface area (Å²) in [7, 11) is 3.10. The highest BCUT2D eigenvalue weighted by molar-refractivity contribution is 6.26. The number of carbonyl (C=O) groups excluding carboxylic acids is 2. The summed E-state index contributed by atoms with van der Waals surface area (Å²) in [4.78, 5) is 25.9. The summed E-state index contributed by atoms with van der Waals surface area (Å²) in [5.41, 5.74) is 1.95. The lowest BCUT2D eigenvalue weighted by Gasteiger charge is -2.29. The average molecular weight is 364 g/mol. The Hall–Kier alpha value is -3.28. The number of rotatable bonds is 2. The second-order valence-electron chi connectivity index (χ2n) is 6.65. The zero-order valence-electron chi connectivity index (χ0n) is 14.8. The molecule has 0 N–H and O–H groups in total. The predicted octanol–water partition coefficient (Wildman–Crippen LogP) is 3.12. The highest BCUT2D eigenvalue weighted by Gasteiger charge is 2.50. The van der Waals surface area contributed by atoms with Crippen LogP contribution in [0.5, 0.6) is 17.2 Å². The lowest BCUT2D eigenvalue weighted by Crippen LogP contribution is -2.28. The molecule has 6 heteroatoms. The van der Waals surface area contributed by atoms with Crippen LogP contribution in [0.3, 0.4) is 0 Å². The van der Waals surface area contributed by atoms with E-state index in [0.29, 0.717) is 33.9 Å². The Morgan fingerprint density at radius 2 is 1.63 bits per heavy atom. The molecule has 2 aliphatic heterocycles. The molecule has 0 unspecified atom stereocenters. The molecule has 136 valence electrons. The Labute approximate surface area is 155 Å². The van der Waals surface area contributed by atoms with Crippen LogP contribution in [0.2, 0.25) is 0 Å². The molecule has 2 heterocycles. The van der Waals surface area contributed by atoms with Gasteiger partial charge >= 0.3 is 0 Å². The van der Waals surface area contributed by atoms with Crippen LogP contribution in [0.15, 0.2) is 47.7 Å². The van der Waals surface area contributed by atoms with Gasteiger partial charge in [-0.1, -0.05) is 24.3 Å². The zero-order valence-corrected chi connectivity index (χ0v) is 14.8. The number of carbonyl (C=O) groups is 2. The molecule has 0 fully saturated rings. The van der Waals surface area contributed by atoms with Gasteiger partial charge in [0.25, 0.3) is 0 Å². The van der Waals surface area contributed by atoms with E-state index in [-0.39, 0.29) is 29.9 Å². The van der Waals surface area contributed by atoms with Crippen molar-refractivity contribution < 1.29 is 28.5 Å². The van der Waals surface area contributed by atoms with Crippen LogP contribution >= 0.6 is 0 Å². The van der Waals surface area contributed by atoms with E-state index in [1.54, 1.807) is 50.6 Å². The number of benzene rings is 2. The number of hydrogen-bond donors (Lipinski definition) is 0. The number of fused-ring (bicyclic) bond motifs is 5. The first kappa shape index (κ1) is 15.9. The van der Waals surface area contributed by atoms with E-state index in [2.05, 4.69) is 0 Å². The molecular formula is C21H16O6. The Morgan fingerprint density at radius 1 is 0.963 bits per heavy atom. The van der Waals surface area contributed by atoms with E-state index >= 15 is 0 Å². The number of hydrogen-bond acceptors (Lipinski definition) is 6. The van der Waals surface area contributed by atoms with Crippen molar-refractivity contribution in [1.29, 1.82) is 0 Å². The van der Waals surface area contributed by atoms with E-state index in [0.717, 1.165) is 5.56 Å². The molecule has 0 saturated heterocycles. The molecule has 0 radical (unpaired) electrons. The summed E-state index contributed by atoms with van der Waals surface area (Å²) < 4.78 is 22.6. The summed E-state index contributed by atoms with van der Waals surface area (Å²) in [5.74, 6) is 1.07. The maximum Gasteiger partial charge on any atom is 0.228 e. The minimum absolute atomic E-state index is 0.139. The van der Waals surface area contributed by atoms with Gasteiger partial charge < -0.3 is 18.9 Å². The van der Waals surface area contributed by atoms with Gasteiger partial charge in [0.05, 0.1) is 32.3 Å². The van der Waals surface area contributed by atoms with Crippen molar-refractivity contribution in [2.45, 2.75) is 6.10 Å². The van der Waals surface area contributed by atoms with Crippen molar-refractivity contribution in [2.75, 3.05) is 20.8 Å². The fourth-order valence-corrected chi connectivity index (χ4v) is 4.04. The fourth-order valence-electron chi connectivity index (χ4n) is 4.04. The van der Waals surface area contributed by atoms with E-state index in [1.807, 2.05) is 0 Å². The van der Waals surface area contributed by atoms with E-state index < -0.39 is 6.10 Å². The molecule has 27 heavy (non-hydrogen) atoms. The van der Waals surface area contributed by atoms with Gasteiger partial charge in [0.2, 0.25) is 5.78 Å². The van der Waals surface area contributed by atoms with E-state index in [4.69, 9.17) is 18.9 Å². The van der Waals surface area contributed by atoms with Crippen LogP contribution in [-0.4, -0.2) is 32.4 Å². The maximum atomic E-state index is 13.0. The molecule has 0 saturated carbocycles. The van der Waals surface area contributed by atoms with Gasteiger partial charge in [0.15, 0.2) is 23.0 Å². The van der Waals surface area contributed by atoms with Gasteiger partial charge in [-0.3, -0.25) is 9.59 Å². The number of methoxy groups -OCH3 is 2. The smallest absolute Gasteiger partial charge is 0.228 e. The summed E-state index contributed by atoms with van der Waals surface area (Å²) >= 11 is 0. The zero-order chi connectivity index (χ0) is 18.7. The third kappa shape index (κ3) is 2.07. The van der Waals surface area contributed by atoms with Crippen molar-refractivity contribution >= 4 is 11.6 Å². The highest BCUT2D eigenvalue weighted by Crippen LogP contribution is 2.52. The second-order valence-corrected chi connectivity index (χ2v) is 6.65. The van der Waals surface area contributed by atoms with Crippen molar-refractivity contribution in [1.82, 2.24) is 0 Å². The first-order chi connectivity index (χ1) is 13.1. The second kappa shape index (κ2) is 5.61. The summed E-state index contributed by atoms with van der Waals surface area (Å²) in [6.07, 6.45) is -0.472. The Balaban J connectivity index is 1.61. The van der Waals surface area contributed by atoms with Gasteiger partial charge in [-0.2, -0.15) is 0 Å². The summed E-state index contributed by atoms with van der Waals surface area (Å²) in [5, 5.41) is 0. The first-order valence-corrected chi connectivity index (χ1v) is 8.62. The van der Waals surface area contributed by atoms with Crippen LogP contribution in [0.1, 0.15) is 32.4 Å². The van der Waals surface area contributed by atoms with Crippen LogP contribution < -0.4 is 14.2 Å². The predicted molar refractivity (Wildman–Crippen MR) is 94.5 cm³/mol. The normalized spacial score (nSPS) is 22.1. The standard InChI is InChI=1S/C21H16O6/c1-24-15-7-12-14(8-16(15)25-2)26-9-13-17-18(22)10-5-3-4-6-11(10)19(23)21(17)27-20(12)13/h3-8,13,20H,9H2,1-2H3/t13-,20-/m1/s1. The summed E-state index contributed by atoms with van der Waals surface area (Å²) in [6.45, 7) is 0.257. The molecule has 0 aromatic heterocycles. The van der Waals surface area contributed by atoms with Crippen molar-refractivity contribution in [3.05, 3.63) is 64.4 Å². The maximum absolute atomic E-state index is 13.0. The van der Waals surface area contributed by atoms with Crippen molar-refractivity contribution in [3.63, 3.8) is 0 Å². The third-order valence-corrected chi connectivity index (χ3v) is 5.33. The topological polar surface area (TPSA) is 71.1 Å². The highest BCUT2D eigenvalue weighted by atomic mass is 16.5. The molecular weight excluding hydrogens is 348 g/mol. The Kier molecular flexibility index (Phi) is 3.31. The quantitative estimate of drug-likeness (QED) is 0.815. The van der Waals surface area contributed by atoms with Crippen molar-refractivity contribution in [3.8, 4) is 17.2 Å². The first-order valence-electron chi connectivity index (χ1n) is 8.62. The Morgan fingerprint density at radius 3 is 2.33 bits per heavy atom. The van der Waals surface area contributed by atoms with E-state index in [9.17, 15) is 9.59 Å². The molecule has 0 spiro atoms. The van der Waals surface area contributed by atoms with Crippen LogP contribution in [0.25, 0.3) is 0 Å². The van der Waals surface area contributed by atoms with Gasteiger partial charge in [-0.15, -0.1) is 0 Å². The molecule has 6 nitrogen and oxygen atoms in total. The third-order valence-electron chi connectivity index (χ3n) is 5.33. The number of allylic oxidation sites excluding steroid dienone is 1. The fraction of sp³-hybridized carbons (Fsp3) is 0.238. The monoisotopic (exact) mass is 364 g/mol. The molecule has 0 amide bonds. The molecule has 1 aliphatic carbocycles. The molecule has 2 atom stereocenters. The lowest BCUT2D eigenvalue weighted by atomic mass is 9.80. The molecule has 2 aromatic rings. The number of ketones is 2. The average Bonchev–Trinajstić information content (AvgIpc) is 3.11. The SMILES string of the molecule is COc1cc2c(cc1OC)[C@H]1OC3=C(C(=O)c4ccccc4C3=O)[C@H]1CO2. The summed E-state index contributed by atoms with van der Waals surface area (Å²) in [6, 6.07) is 10.4.